The molecule has 0 radical (unpaired) electrons. The number of benzene rings is 3. The predicted molar refractivity (Wildman–Crippen MR) is 133 cm³/mol. The quantitative estimate of drug-likeness (QED) is 0.132. The number of hydrogen-bond acceptors (Lipinski definition) is 6. The maximum absolute atomic E-state index is 14.2. The first-order chi connectivity index (χ1) is 15.7. The lowest BCUT2D eigenvalue weighted by atomic mass is 10.1. The smallest absolute Gasteiger partial charge is 0.312 e. The van der Waals surface area contributed by atoms with Crippen LogP contribution in [0.2, 0.25) is 0 Å². The van der Waals surface area contributed by atoms with Gasteiger partial charge in [-0.25, -0.2) is 8.42 Å². The summed E-state index contributed by atoms with van der Waals surface area (Å²) >= 11 is 1.10. The van der Waals surface area contributed by atoms with Crippen molar-refractivity contribution in [3.63, 3.8) is 0 Å². The third kappa shape index (κ3) is 7.14. The van der Waals surface area contributed by atoms with Crippen LogP contribution in [0.15, 0.2) is 88.9 Å². The monoisotopic (exact) mass is 501 g/mol. The second-order valence-electron chi connectivity index (χ2n) is 7.51. The van der Waals surface area contributed by atoms with Crippen molar-refractivity contribution in [2.75, 3.05) is 6.26 Å². The van der Waals surface area contributed by atoms with Crippen molar-refractivity contribution in [1.82, 2.24) is 0 Å². The van der Waals surface area contributed by atoms with Gasteiger partial charge in [-0.3, -0.25) is 4.57 Å². The molecule has 0 amide bonds. The van der Waals surface area contributed by atoms with Gasteiger partial charge in [-0.05, 0) is 54.3 Å². The van der Waals surface area contributed by atoms with Crippen molar-refractivity contribution in [3.05, 3.63) is 106 Å². The number of rotatable bonds is 10. The van der Waals surface area contributed by atoms with Gasteiger partial charge in [0.05, 0.1) is 4.90 Å². The van der Waals surface area contributed by atoms with E-state index in [1.807, 2.05) is 61.5 Å². The van der Waals surface area contributed by atoms with Gasteiger partial charge in [0.25, 0.3) is 0 Å². The van der Waals surface area contributed by atoms with Crippen LogP contribution >= 0.6 is 18.0 Å². The molecule has 0 spiro atoms. The molecule has 7 nitrogen and oxygen atoms in total. The van der Waals surface area contributed by atoms with E-state index in [4.69, 9.17) is 4.52 Å². The van der Waals surface area contributed by atoms with Gasteiger partial charge < -0.3 is 4.52 Å². The molecule has 0 aromatic heterocycles. The summed E-state index contributed by atoms with van der Waals surface area (Å²) < 4.78 is 43.6. The lowest BCUT2D eigenvalue weighted by Gasteiger charge is -2.24. The third-order valence-corrected chi connectivity index (χ3v) is 10.7. The van der Waals surface area contributed by atoms with E-state index in [1.54, 1.807) is 0 Å². The maximum Gasteiger partial charge on any atom is 0.312 e. The van der Waals surface area contributed by atoms with Crippen molar-refractivity contribution in [2.24, 2.45) is 5.11 Å². The topological polar surface area (TPSA) is 109 Å². The molecule has 0 aliphatic carbocycles. The Morgan fingerprint density at radius 2 is 1.64 bits per heavy atom. The molecule has 2 atom stereocenters. The Kier molecular flexibility index (Phi) is 8.27. The first-order valence-electron chi connectivity index (χ1n) is 10.1. The van der Waals surface area contributed by atoms with E-state index in [-0.39, 0.29) is 17.1 Å². The van der Waals surface area contributed by atoms with Gasteiger partial charge in [-0.15, -0.1) is 0 Å². The molecule has 33 heavy (non-hydrogen) atoms. The zero-order valence-electron chi connectivity index (χ0n) is 18.2. The standard InChI is InChI=1S/C23H24N3O4PS2/c1-18-8-10-20(11-9-18)17-32-31(27,23(25-26-24)16-19-6-4-3-5-7-19)30-21-12-14-22(15-13-21)33(2,28)29/h3-15,23H,16-17H2,1-2H3. The highest BCUT2D eigenvalue weighted by molar-refractivity contribution is 8.56. The number of aryl methyl sites for hydroxylation is 1. The van der Waals surface area contributed by atoms with Gasteiger partial charge in [-0.1, -0.05) is 76.7 Å². The summed E-state index contributed by atoms with van der Waals surface area (Å²) in [5.41, 5.74) is 12.1. The first kappa shape index (κ1) is 24.9. The van der Waals surface area contributed by atoms with Gasteiger partial charge in [0.2, 0.25) is 0 Å². The Balaban J connectivity index is 1.93. The zero-order chi connectivity index (χ0) is 23.9. The predicted octanol–water partition coefficient (Wildman–Crippen LogP) is 6.78. The molecule has 2 unspecified atom stereocenters. The largest absolute Gasteiger partial charge is 0.436 e. The summed E-state index contributed by atoms with van der Waals surface area (Å²) in [7, 11) is -3.38. The summed E-state index contributed by atoms with van der Waals surface area (Å²) in [6.45, 7) is -1.63. The van der Waals surface area contributed by atoms with Crippen LogP contribution in [0.5, 0.6) is 5.75 Å². The summed E-state index contributed by atoms with van der Waals surface area (Å²) in [5, 5.41) is 3.85. The van der Waals surface area contributed by atoms with Crippen molar-refractivity contribution >= 4 is 27.8 Å². The zero-order valence-corrected chi connectivity index (χ0v) is 20.8. The second kappa shape index (κ2) is 10.9. The fourth-order valence-corrected chi connectivity index (χ4v) is 7.81. The lowest BCUT2D eigenvalue weighted by molar-refractivity contribution is 0.484. The molecule has 10 heteroatoms. The molecule has 0 heterocycles. The summed E-state index contributed by atoms with van der Waals surface area (Å²) in [5.74, 6) is -0.311. The average molecular weight is 502 g/mol. The SMILES string of the molecule is Cc1ccc(CSP(=O)(Oc2ccc(S(C)(=O)=O)cc2)C(Cc2ccccc2)N=[N+]=[N-])cc1. The minimum atomic E-state index is -3.62. The molecule has 3 rings (SSSR count). The number of nitrogens with zero attached hydrogens (tertiary/aromatic N) is 3. The van der Waals surface area contributed by atoms with Gasteiger partial charge in [0, 0.05) is 16.9 Å². The van der Waals surface area contributed by atoms with E-state index in [2.05, 4.69) is 10.0 Å². The second-order valence-corrected chi connectivity index (χ2v) is 14.2. The van der Waals surface area contributed by atoms with Crippen molar-refractivity contribution < 1.29 is 17.5 Å². The number of sulfone groups is 1. The Hall–Kier alpha value is -2.70. The molecule has 0 N–H and O–H groups in total. The molecule has 0 saturated carbocycles. The molecule has 0 aliphatic rings. The van der Waals surface area contributed by atoms with Crippen LogP contribution in [0.25, 0.3) is 10.4 Å². The minimum absolute atomic E-state index is 0.132. The van der Waals surface area contributed by atoms with Crippen molar-refractivity contribution in [1.29, 1.82) is 0 Å². The Labute approximate surface area is 197 Å². The summed E-state index contributed by atoms with van der Waals surface area (Å²) in [4.78, 5) is 3.07. The third-order valence-electron chi connectivity index (χ3n) is 4.83. The lowest BCUT2D eigenvalue weighted by Crippen LogP contribution is -2.11. The Morgan fingerprint density at radius 3 is 2.21 bits per heavy atom. The average Bonchev–Trinajstić information content (AvgIpc) is 2.79. The van der Waals surface area contributed by atoms with E-state index < -0.39 is 22.2 Å². The molecular formula is C23H24N3O4PS2. The van der Waals surface area contributed by atoms with E-state index >= 15 is 0 Å². The van der Waals surface area contributed by atoms with Crippen molar-refractivity contribution in [3.8, 4) is 5.75 Å². The van der Waals surface area contributed by atoms with Crippen LogP contribution in [-0.2, 0) is 26.6 Å². The van der Waals surface area contributed by atoms with Gasteiger partial charge in [0.15, 0.2) is 9.84 Å². The molecule has 0 fully saturated rings. The Morgan fingerprint density at radius 1 is 1.00 bits per heavy atom. The molecule has 3 aromatic rings. The highest BCUT2D eigenvalue weighted by Gasteiger charge is 2.36. The van der Waals surface area contributed by atoms with Crippen LogP contribution < -0.4 is 4.52 Å². The highest BCUT2D eigenvalue weighted by Crippen LogP contribution is 2.65. The normalized spacial score (nSPS) is 14.0. The summed E-state index contributed by atoms with van der Waals surface area (Å²) in [6, 6.07) is 22.9. The fraction of sp³-hybridized carbons (Fsp3) is 0.217. The van der Waals surface area contributed by atoms with Gasteiger partial charge in [-0.2, -0.15) is 0 Å². The Bertz CT molecular complexity index is 1280. The molecule has 3 aromatic carbocycles. The van der Waals surface area contributed by atoms with E-state index in [0.717, 1.165) is 34.3 Å². The first-order valence-corrected chi connectivity index (χ1v) is 15.2. The van der Waals surface area contributed by atoms with E-state index in [0.29, 0.717) is 5.75 Å². The van der Waals surface area contributed by atoms with E-state index in [9.17, 15) is 18.5 Å². The van der Waals surface area contributed by atoms with Crippen molar-refractivity contribution in [2.45, 2.75) is 29.8 Å². The van der Waals surface area contributed by atoms with Gasteiger partial charge >= 0.3 is 6.57 Å². The maximum atomic E-state index is 14.2. The van der Waals surface area contributed by atoms with Crippen LogP contribution in [0.3, 0.4) is 0 Å². The molecule has 0 saturated heterocycles. The van der Waals surface area contributed by atoms with Crippen LogP contribution in [-0.4, -0.2) is 20.5 Å². The minimum Gasteiger partial charge on any atom is -0.436 e. The molecular weight excluding hydrogens is 477 g/mol. The molecule has 0 bridgehead atoms. The number of hydrogen-bond donors (Lipinski definition) is 0. The summed E-state index contributed by atoms with van der Waals surface area (Å²) in [6.07, 6.45) is 1.35. The highest BCUT2D eigenvalue weighted by atomic mass is 32.7. The molecule has 172 valence electrons. The molecule has 0 aliphatic heterocycles. The number of azide groups is 1. The van der Waals surface area contributed by atoms with Gasteiger partial charge in [0.1, 0.15) is 11.5 Å². The fourth-order valence-electron chi connectivity index (χ4n) is 3.02. The van der Waals surface area contributed by atoms with Crippen LogP contribution in [0.4, 0.5) is 0 Å². The van der Waals surface area contributed by atoms with Crippen LogP contribution in [0, 0.1) is 6.92 Å². The van der Waals surface area contributed by atoms with E-state index in [1.165, 1.54) is 24.3 Å². The van der Waals surface area contributed by atoms with Crippen LogP contribution in [0.1, 0.15) is 16.7 Å².